The molecule has 2 aliphatic rings. The summed E-state index contributed by atoms with van der Waals surface area (Å²) in [5.74, 6) is 0.680. The highest BCUT2D eigenvalue weighted by atomic mass is 16.2. The summed E-state index contributed by atoms with van der Waals surface area (Å²) in [6.45, 7) is 3.10. The van der Waals surface area contributed by atoms with Gasteiger partial charge in [-0.15, -0.1) is 0 Å². The smallest absolute Gasteiger partial charge is 0.223 e. The van der Waals surface area contributed by atoms with E-state index < -0.39 is 0 Å². The van der Waals surface area contributed by atoms with Gasteiger partial charge in [0.1, 0.15) is 0 Å². The number of carbonyl (C=O) groups excluding carboxylic acids is 1. The predicted octanol–water partition coefficient (Wildman–Crippen LogP) is 0.532. The van der Waals surface area contributed by atoms with Crippen molar-refractivity contribution in [3.8, 4) is 0 Å². The molecule has 0 bridgehead atoms. The number of hydrogen-bond acceptors (Lipinski definition) is 1. The lowest BCUT2D eigenvalue weighted by Crippen LogP contribution is -2.20. The molecule has 0 aromatic rings. The normalized spacial score (nSPS) is 46.3. The van der Waals surface area contributed by atoms with Gasteiger partial charge in [-0.2, -0.15) is 0 Å². The van der Waals surface area contributed by atoms with E-state index in [2.05, 4.69) is 12.2 Å². The lowest BCUT2D eigenvalue weighted by molar-refractivity contribution is -0.120. The van der Waals surface area contributed by atoms with Crippen LogP contribution in [-0.2, 0) is 4.79 Å². The molecule has 2 fully saturated rings. The lowest BCUT2D eigenvalue weighted by atomic mass is 10.0. The van der Waals surface area contributed by atoms with E-state index in [-0.39, 0.29) is 5.91 Å². The molecule has 2 unspecified atom stereocenters. The van der Waals surface area contributed by atoms with Crippen LogP contribution in [0.25, 0.3) is 0 Å². The Morgan fingerprint density at radius 2 is 2.67 bits per heavy atom. The number of amides is 1. The largest absolute Gasteiger partial charge is 0.355 e. The van der Waals surface area contributed by atoms with E-state index >= 15 is 0 Å². The maximum absolute atomic E-state index is 10.9. The molecular weight excluding hydrogens is 114 g/mol. The second-order valence-corrected chi connectivity index (χ2v) is 3.19. The van der Waals surface area contributed by atoms with Crippen molar-refractivity contribution in [3.05, 3.63) is 0 Å². The molecule has 0 aromatic carbocycles. The highest BCUT2D eigenvalue weighted by Crippen LogP contribution is 2.57. The number of rotatable bonds is 1. The minimum atomic E-state index is 0.289. The fourth-order valence-electron chi connectivity index (χ4n) is 1.82. The molecule has 2 atom stereocenters. The molecule has 9 heavy (non-hydrogen) atoms. The molecular formula is C7H11NO. The van der Waals surface area contributed by atoms with E-state index in [0.29, 0.717) is 11.3 Å². The Morgan fingerprint density at radius 3 is 2.89 bits per heavy atom. The van der Waals surface area contributed by atoms with Crippen molar-refractivity contribution in [1.29, 1.82) is 0 Å². The maximum Gasteiger partial charge on any atom is 0.223 e. The van der Waals surface area contributed by atoms with E-state index in [1.807, 2.05) is 0 Å². The molecule has 50 valence electrons. The molecule has 1 saturated carbocycles. The first-order valence-corrected chi connectivity index (χ1v) is 3.56. The van der Waals surface area contributed by atoms with Crippen molar-refractivity contribution >= 4 is 5.91 Å². The first-order chi connectivity index (χ1) is 4.28. The molecule has 0 aromatic heterocycles. The van der Waals surface area contributed by atoms with Crippen molar-refractivity contribution < 1.29 is 4.79 Å². The van der Waals surface area contributed by atoms with Gasteiger partial charge in [0.2, 0.25) is 5.91 Å². The third-order valence-corrected chi connectivity index (χ3v) is 2.83. The third kappa shape index (κ3) is 0.485. The Hall–Kier alpha value is -0.530. The van der Waals surface area contributed by atoms with Gasteiger partial charge in [0.25, 0.3) is 0 Å². The Labute approximate surface area is 54.6 Å². The number of nitrogens with one attached hydrogen (secondary N) is 1. The van der Waals surface area contributed by atoms with Crippen LogP contribution in [0.1, 0.15) is 19.8 Å². The van der Waals surface area contributed by atoms with E-state index in [1.165, 1.54) is 0 Å². The Kier molecular flexibility index (Phi) is 0.765. The fraction of sp³-hybridized carbons (Fsp3) is 0.857. The summed E-state index contributed by atoms with van der Waals surface area (Å²) in [5.41, 5.74) is 0.414. The summed E-state index contributed by atoms with van der Waals surface area (Å²) in [7, 11) is 0. The van der Waals surface area contributed by atoms with Gasteiger partial charge in [0.15, 0.2) is 0 Å². The molecule has 1 aliphatic heterocycles. The summed E-state index contributed by atoms with van der Waals surface area (Å²) in [4.78, 5) is 10.9. The van der Waals surface area contributed by atoms with Crippen LogP contribution in [0.2, 0.25) is 0 Å². The molecule has 0 radical (unpaired) electrons. The standard InChI is InChI=1S/C7H11NO/c1-2-7-3-5(7)6(9)8-4-7/h5H,2-4H2,1H3,(H,8,9). The van der Waals surface area contributed by atoms with Crippen molar-refractivity contribution in [2.45, 2.75) is 19.8 Å². The van der Waals surface area contributed by atoms with Crippen LogP contribution in [0.15, 0.2) is 0 Å². The predicted molar refractivity (Wildman–Crippen MR) is 33.8 cm³/mol. The van der Waals surface area contributed by atoms with Gasteiger partial charge < -0.3 is 5.32 Å². The van der Waals surface area contributed by atoms with Crippen LogP contribution in [0.3, 0.4) is 0 Å². The zero-order valence-electron chi connectivity index (χ0n) is 5.61. The second-order valence-electron chi connectivity index (χ2n) is 3.19. The second kappa shape index (κ2) is 1.31. The van der Waals surface area contributed by atoms with Crippen LogP contribution in [0, 0.1) is 11.3 Å². The fourth-order valence-corrected chi connectivity index (χ4v) is 1.82. The molecule has 1 aliphatic carbocycles. The summed E-state index contributed by atoms with van der Waals surface area (Å²) in [5, 5.41) is 2.87. The van der Waals surface area contributed by atoms with Gasteiger partial charge in [-0.05, 0) is 18.3 Å². The van der Waals surface area contributed by atoms with Crippen LogP contribution in [0.4, 0.5) is 0 Å². The van der Waals surface area contributed by atoms with Crippen molar-refractivity contribution in [1.82, 2.24) is 5.32 Å². The summed E-state index contributed by atoms with van der Waals surface area (Å²) in [6.07, 6.45) is 2.31. The molecule has 2 heteroatoms. The lowest BCUT2D eigenvalue weighted by Gasteiger charge is -2.03. The third-order valence-electron chi connectivity index (χ3n) is 2.83. The molecule has 1 heterocycles. The van der Waals surface area contributed by atoms with Crippen LogP contribution in [0.5, 0.6) is 0 Å². The molecule has 0 spiro atoms. The summed E-state index contributed by atoms with van der Waals surface area (Å²) < 4.78 is 0. The minimum absolute atomic E-state index is 0.289. The maximum atomic E-state index is 10.9. The van der Waals surface area contributed by atoms with Crippen LogP contribution < -0.4 is 5.32 Å². The zero-order valence-corrected chi connectivity index (χ0v) is 5.61. The van der Waals surface area contributed by atoms with Gasteiger partial charge in [-0.25, -0.2) is 0 Å². The van der Waals surface area contributed by atoms with Crippen molar-refractivity contribution in [2.75, 3.05) is 6.54 Å². The van der Waals surface area contributed by atoms with Gasteiger partial charge in [-0.3, -0.25) is 4.79 Å². The first-order valence-electron chi connectivity index (χ1n) is 3.56. The Bertz CT molecular complexity index is 166. The summed E-state index contributed by atoms with van der Waals surface area (Å²) in [6, 6.07) is 0. The average Bonchev–Trinajstić information content (AvgIpc) is 2.53. The van der Waals surface area contributed by atoms with Crippen LogP contribution >= 0.6 is 0 Å². The Balaban J connectivity index is 2.17. The highest BCUT2D eigenvalue weighted by Gasteiger charge is 2.60. The summed E-state index contributed by atoms with van der Waals surface area (Å²) >= 11 is 0. The minimum Gasteiger partial charge on any atom is -0.355 e. The number of piperidine rings is 1. The monoisotopic (exact) mass is 125 g/mol. The molecule has 2 rings (SSSR count). The average molecular weight is 125 g/mol. The Morgan fingerprint density at radius 1 is 1.89 bits per heavy atom. The molecule has 2 nitrogen and oxygen atoms in total. The molecule has 1 saturated heterocycles. The number of hydrogen-bond donors (Lipinski definition) is 1. The van der Waals surface area contributed by atoms with Gasteiger partial charge in [0.05, 0.1) is 0 Å². The van der Waals surface area contributed by atoms with Crippen LogP contribution in [-0.4, -0.2) is 12.5 Å². The molecule has 1 N–H and O–H groups in total. The first kappa shape index (κ1) is 5.27. The number of fused-ring (bicyclic) bond motifs is 1. The van der Waals surface area contributed by atoms with E-state index in [4.69, 9.17) is 0 Å². The van der Waals surface area contributed by atoms with Gasteiger partial charge >= 0.3 is 0 Å². The zero-order chi connectivity index (χ0) is 6.48. The number of carbonyl (C=O) groups is 1. The van der Waals surface area contributed by atoms with Gasteiger partial charge in [-0.1, -0.05) is 6.92 Å². The molecule has 1 amide bonds. The highest BCUT2D eigenvalue weighted by molar-refractivity contribution is 5.85. The van der Waals surface area contributed by atoms with E-state index in [9.17, 15) is 4.79 Å². The van der Waals surface area contributed by atoms with Crippen molar-refractivity contribution in [3.63, 3.8) is 0 Å². The topological polar surface area (TPSA) is 29.1 Å². The van der Waals surface area contributed by atoms with Crippen molar-refractivity contribution in [2.24, 2.45) is 11.3 Å². The van der Waals surface area contributed by atoms with E-state index in [1.54, 1.807) is 0 Å². The SMILES string of the molecule is CCC12CNC(=O)C1C2. The van der Waals surface area contributed by atoms with E-state index in [0.717, 1.165) is 19.4 Å². The van der Waals surface area contributed by atoms with Gasteiger partial charge in [0, 0.05) is 12.5 Å². The quantitative estimate of drug-likeness (QED) is 0.544.